The summed E-state index contributed by atoms with van der Waals surface area (Å²) in [5.74, 6) is 0.679. The van der Waals surface area contributed by atoms with Crippen LogP contribution in [0.25, 0.3) is 0 Å². The highest BCUT2D eigenvalue weighted by Crippen LogP contribution is 2.18. The van der Waals surface area contributed by atoms with Gasteiger partial charge in [0.05, 0.1) is 12.2 Å². The third-order valence-electron chi connectivity index (χ3n) is 2.14. The number of aromatic nitrogens is 2. The highest BCUT2D eigenvalue weighted by atomic mass is 16.5. The summed E-state index contributed by atoms with van der Waals surface area (Å²) in [4.78, 5) is 4.14. The van der Waals surface area contributed by atoms with E-state index >= 15 is 0 Å². The van der Waals surface area contributed by atoms with Crippen molar-refractivity contribution in [3.05, 3.63) is 35.9 Å². The maximum absolute atomic E-state index is 5.85. The van der Waals surface area contributed by atoms with Gasteiger partial charge in [-0.1, -0.05) is 5.16 Å². The summed E-state index contributed by atoms with van der Waals surface area (Å²) < 4.78 is 4.72. The van der Waals surface area contributed by atoms with Gasteiger partial charge in [0.25, 0.3) is 0 Å². The number of hydrogen-bond donors (Lipinski definition) is 2. The molecule has 0 aliphatic heterocycles. The molecule has 78 valence electrons. The van der Waals surface area contributed by atoms with Gasteiger partial charge in [-0.05, 0) is 18.6 Å². The Morgan fingerprint density at radius 3 is 3.07 bits per heavy atom. The van der Waals surface area contributed by atoms with Gasteiger partial charge in [-0.25, -0.2) is 4.98 Å². The van der Waals surface area contributed by atoms with Gasteiger partial charge in [0.15, 0.2) is 0 Å². The van der Waals surface area contributed by atoms with E-state index < -0.39 is 0 Å². The Balaban J connectivity index is 2.08. The quantitative estimate of drug-likeness (QED) is 0.793. The average molecular weight is 204 g/mol. The lowest BCUT2D eigenvalue weighted by molar-refractivity contribution is 0.412. The van der Waals surface area contributed by atoms with Crippen LogP contribution >= 0.6 is 0 Å². The number of nitrogens with zero attached hydrogens (tertiary/aromatic N) is 2. The van der Waals surface area contributed by atoms with Gasteiger partial charge in [-0.3, -0.25) is 0 Å². The van der Waals surface area contributed by atoms with Crippen LogP contribution in [0, 0.1) is 6.92 Å². The number of rotatable bonds is 3. The molecule has 2 rings (SSSR count). The first-order valence-electron chi connectivity index (χ1n) is 4.61. The lowest BCUT2D eigenvalue weighted by Gasteiger charge is -2.07. The molecule has 0 unspecified atom stereocenters. The molecule has 0 aliphatic rings. The Morgan fingerprint density at radius 2 is 2.33 bits per heavy atom. The number of anilines is 2. The smallest absolute Gasteiger partial charge is 0.149 e. The molecule has 5 nitrogen and oxygen atoms in total. The van der Waals surface area contributed by atoms with Gasteiger partial charge in [0, 0.05) is 12.3 Å². The van der Waals surface area contributed by atoms with E-state index in [4.69, 9.17) is 10.3 Å². The van der Waals surface area contributed by atoms with Crippen molar-refractivity contribution in [3.63, 3.8) is 0 Å². The minimum atomic E-state index is 0.553. The number of nitrogens with two attached hydrogens (primary N) is 1. The molecule has 15 heavy (non-hydrogen) atoms. The molecular formula is C10H12N4O. The van der Waals surface area contributed by atoms with Crippen molar-refractivity contribution in [3.8, 4) is 0 Å². The summed E-state index contributed by atoms with van der Waals surface area (Å²) in [6.07, 6.45) is 3.25. The predicted molar refractivity (Wildman–Crippen MR) is 57.2 cm³/mol. The van der Waals surface area contributed by atoms with Crippen LogP contribution in [0.3, 0.4) is 0 Å². The SMILES string of the molecule is Cc1ccnc(NCc2ccon2)c1N. The van der Waals surface area contributed by atoms with Crippen LogP contribution in [0.1, 0.15) is 11.3 Å². The van der Waals surface area contributed by atoms with Crippen molar-refractivity contribution in [1.82, 2.24) is 10.1 Å². The molecule has 2 aromatic heterocycles. The normalized spacial score (nSPS) is 10.2. The molecule has 0 fully saturated rings. The van der Waals surface area contributed by atoms with Crippen molar-refractivity contribution in [2.24, 2.45) is 0 Å². The van der Waals surface area contributed by atoms with Crippen LogP contribution in [-0.2, 0) is 6.54 Å². The zero-order valence-electron chi connectivity index (χ0n) is 8.40. The molecule has 0 radical (unpaired) electrons. The fourth-order valence-corrected chi connectivity index (χ4v) is 1.21. The van der Waals surface area contributed by atoms with E-state index in [9.17, 15) is 0 Å². The minimum Gasteiger partial charge on any atom is -0.396 e. The van der Waals surface area contributed by atoms with Crippen LogP contribution in [0.15, 0.2) is 29.1 Å². The first-order chi connectivity index (χ1) is 7.27. The van der Waals surface area contributed by atoms with Gasteiger partial charge in [-0.2, -0.15) is 0 Å². The van der Waals surface area contributed by atoms with Crippen molar-refractivity contribution >= 4 is 11.5 Å². The third-order valence-corrected chi connectivity index (χ3v) is 2.14. The fraction of sp³-hybridized carbons (Fsp3) is 0.200. The topological polar surface area (TPSA) is 77.0 Å². The van der Waals surface area contributed by atoms with Gasteiger partial charge in [-0.15, -0.1) is 0 Å². The molecular weight excluding hydrogens is 192 g/mol. The van der Waals surface area contributed by atoms with Gasteiger partial charge in [0.2, 0.25) is 0 Å². The van der Waals surface area contributed by atoms with Gasteiger partial charge < -0.3 is 15.6 Å². The lowest BCUT2D eigenvalue weighted by atomic mass is 10.2. The first kappa shape index (κ1) is 9.51. The van der Waals surface area contributed by atoms with Crippen LogP contribution in [0.4, 0.5) is 11.5 Å². The van der Waals surface area contributed by atoms with Crippen molar-refractivity contribution in [1.29, 1.82) is 0 Å². The molecule has 2 heterocycles. The molecule has 5 heteroatoms. The highest BCUT2D eigenvalue weighted by Gasteiger charge is 2.03. The molecule has 0 atom stereocenters. The largest absolute Gasteiger partial charge is 0.396 e. The zero-order chi connectivity index (χ0) is 10.7. The molecule has 0 amide bonds. The van der Waals surface area contributed by atoms with Crippen molar-refractivity contribution < 1.29 is 4.52 Å². The Hall–Kier alpha value is -2.04. The molecule has 0 bridgehead atoms. The lowest BCUT2D eigenvalue weighted by Crippen LogP contribution is -2.05. The zero-order valence-corrected chi connectivity index (χ0v) is 8.40. The Kier molecular flexibility index (Phi) is 2.53. The molecule has 0 spiro atoms. The van der Waals surface area contributed by atoms with E-state index in [0.29, 0.717) is 18.1 Å². The molecule has 0 saturated heterocycles. The maximum Gasteiger partial charge on any atom is 0.149 e. The van der Waals surface area contributed by atoms with E-state index in [2.05, 4.69) is 15.5 Å². The van der Waals surface area contributed by atoms with E-state index in [1.807, 2.05) is 13.0 Å². The highest BCUT2D eigenvalue weighted by molar-refractivity contribution is 5.64. The van der Waals surface area contributed by atoms with Gasteiger partial charge >= 0.3 is 0 Å². The second kappa shape index (κ2) is 4.00. The number of nitrogens with one attached hydrogen (secondary N) is 1. The Bertz CT molecular complexity index is 439. The molecule has 0 aliphatic carbocycles. The molecule has 3 N–H and O–H groups in total. The Morgan fingerprint density at radius 1 is 1.47 bits per heavy atom. The maximum atomic E-state index is 5.85. The third kappa shape index (κ3) is 2.07. The Labute approximate surface area is 87.3 Å². The summed E-state index contributed by atoms with van der Waals surface area (Å²) in [5, 5.41) is 6.87. The second-order valence-corrected chi connectivity index (χ2v) is 3.23. The van der Waals surface area contributed by atoms with Gasteiger partial charge in [0.1, 0.15) is 17.8 Å². The average Bonchev–Trinajstić information content (AvgIpc) is 2.73. The van der Waals surface area contributed by atoms with Crippen molar-refractivity contribution in [2.75, 3.05) is 11.1 Å². The fourth-order valence-electron chi connectivity index (χ4n) is 1.21. The van der Waals surface area contributed by atoms with Crippen LogP contribution in [0.5, 0.6) is 0 Å². The van der Waals surface area contributed by atoms with E-state index in [-0.39, 0.29) is 0 Å². The predicted octanol–water partition coefficient (Wildman–Crippen LogP) is 1.57. The number of aryl methyl sites for hydroxylation is 1. The summed E-state index contributed by atoms with van der Waals surface area (Å²) in [7, 11) is 0. The first-order valence-corrected chi connectivity index (χ1v) is 4.61. The second-order valence-electron chi connectivity index (χ2n) is 3.23. The summed E-state index contributed by atoms with van der Waals surface area (Å²) in [6, 6.07) is 3.66. The van der Waals surface area contributed by atoms with E-state index in [1.165, 1.54) is 6.26 Å². The van der Waals surface area contributed by atoms with E-state index in [0.717, 1.165) is 11.3 Å². The molecule has 0 saturated carbocycles. The van der Waals surface area contributed by atoms with Crippen LogP contribution < -0.4 is 11.1 Å². The van der Waals surface area contributed by atoms with Crippen LogP contribution in [0.2, 0.25) is 0 Å². The number of pyridine rings is 1. The van der Waals surface area contributed by atoms with E-state index in [1.54, 1.807) is 12.3 Å². The summed E-state index contributed by atoms with van der Waals surface area (Å²) >= 11 is 0. The van der Waals surface area contributed by atoms with Crippen LogP contribution in [-0.4, -0.2) is 10.1 Å². The number of hydrogen-bond acceptors (Lipinski definition) is 5. The monoisotopic (exact) mass is 204 g/mol. The van der Waals surface area contributed by atoms with Crippen molar-refractivity contribution in [2.45, 2.75) is 13.5 Å². The number of nitrogen functional groups attached to an aromatic ring is 1. The summed E-state index contributed by atoms with van der Waals surface area (Å²) in [6.45, 7) is 2.50. The molecule has 2 aromatic rings. The summed E-state index contributed by atoms with van der Waals surface area (Å²) in [5.41, 5.74) is 8.35. The molecule has 0 aromatic carbocycles. The minimum absolute atomic E-state index is 0.553. The standard InChI is InChI=1S/C10H12N4O/c1-7-2-4-12-10(9(7)11)13-6-8-3-5-15-14-8/h2-5H,6,11H2,1H3,(H,12,13).